The number of carbonyl (C=O) groups excluding carboxylic acids is 3. The van der Waals surface area contributed by atoms with Gasteiger partial charge in [-0.3, -0.25) is 14.4 Å². The first kappa shape index (κ1) is 20.3. The maximum atomic E-state index is 13.5. The Kier molecular flexibility index (Phi) is 5.43. The van der Waals surface area contributed by atoms with Crippen LogP contribution in [-0.4, -0.2) is 52.1 Å². The van der Waals surface area contributed by atoms with Crippen LogP contribution >= 0.6 is 0 Å². The number of likely N-dealkylation sites (tertiary alicyclic amines) is 2. The summed E-state index contributed by atoms with van der Waals surface area (Å²) in [5.74, 6) is -1.52. The highest BCUT2D eigenvalue weighted by atomic mass is 16.3. The molecule has 2 heterocycles. The lowest BCUT2D eigenvalue weighted by molar-refractivity contribution is -0.155. The number of Topliss-reactive ketones (excluding diaryl/α,β-unsaturated/α-hetero) is 1. The van der Waals surface area contributed by atoms with Gasteiger partial charge in [0.2, 0.25) is 5.91 Å². The zero-order chi connectivity index (χ0) is 21.3. The molecule has 0 aromatic heterocycles. The Labute approximate surface area is 176 Å². The van der Waals surface area contributed by atoms with Crippen LogP contribution < -0.4 is 0 Å². The first-order chi connectivity index (χ1) is 14.4. The quantitative estimate of drug-likeness (QED) is 0.845. The summed E-state index contributed by atoms with van der Waals surface area (Å²) in [5.41, 5.74) is -0.565. The van der Waals surface area contributed by atoms with E-state index in [0.717, 1.165) is 5.56 Å². The average Bonchev–Trinajstić information content (AvgIpc) is 3.06. The Hall–Kier alpha value is -2.99. The molecule has 6 nitrogen and oxygen atoms in total. The van der Waals surface area contributed by atoms with E-state index in [9.17, 15) is 19.5 Å². The topological polar surface area (TPSA) is 77.9 Å². The molecule has 3 atom stereocenters. The van der Waals surface area contributed by atoms with Crippen molar-refractivity contribution in [1.82, 2.24) is 9.80 Å². The van der Waals surface area contributed by atoms with Crippen molar-refractivity contribution in [2.45, 2.75) is 31.4 Å². The van der Waals surface area contributed by atoms with Gasteiger partial charge in [0.15, 0.2) is 5.60 Å². The van der Waals surface area contributed by atoms with Gasteiger partial charge >= 0.3 is 0 Å². The Morgan fingerprint density at radius 1 is 1.00 bits per heavy atom. The summed E-state index contributed by atoms with van der Waals surface area (Å²) in [7, 11) is 0. The standard InChI is InChI=1S/C24H26N2O4/c1-17(18-8-4-2-5-9-18)26-16-21(22(28)25-14-12-20(27)13-15-25)24(30,23(26)29)19-10-6-3-7-11-19/h2-11,17,21,30H,12-16H2,1H3/t17-,21-,24+/m1/s1. The van der Waals surface area contributed by atoms with E-state index in [1.165, 1.54) is 0 Å². The summed E-state index contributed by atoms with van der Waals surface area (Å²) < 4.78 is 0. The minimum Gasteiger partial charge on any atom is -0.375 e. The van der Waals surface area contributed by atoms with Gasteiger partial charge in [-0.2, -0.15) is 0 Å². The van der Waals surface area contributed by atoms with E-state index in [0.29, 0.717) is 31.5 Å². The van der Waals surface area contributed by atoms with E-state index >= 15 is 0 Å². The maximum Gasteiger partial charge on any atom is 0.260 e. The van der Waals surface area contributed by atoms with Gasteiger partial charge < -0.3 is 14.9 Å². The van der Waals surface area contributed by atoms with Crippen LogP contribution in [-0.2, 0) is 20.0 Å². The van der Waals surface area contributed by atoms with Gasteiger partial charge in [-0.15, -0.1) is 0 Å². The van der Waals surface area contributed by atoms with Crippen molar-refractivity contribution in [3.05, 3.63) is 71.8 Å². The van der Waals surface area contributed by atoms with Crippen LogP contribution in [0.4, 0.5) is 0 Å². The predicted molar refractivity (Wildman–Crippen MR) is 111 cm³/mol. The van der Waals surface area contributed by atoms with Crippen LogP contribution in [0.2, 0.25) is 0 Å². The summed E-state index contributed by atoms with van der Waals surface area (Å²) in [5, 5.41) is 11.7. The van der Waals surface area contributed by atoms with Gasteiger partial charge in [0, 0.05) is 32.5 Å². The molecule has 2 fully saturated rings. The molecule has 4 rings (SSSR count). The molecule has 2 aromatic rings. The van der Waals surface area contributed by atoms with Gasteiger partial charge in [0.25, 0.3) is 5.91 Å². The van der Waals surface area contributed by atoms with Crippen LogP contribution in [0.1, 0.15) is 36.9 Å². The molecule has 2 saturated heterocycles. The second kappa shape index (κ2) is 8.03. The fourth-order valence-corrected chi connectivity index (χ4v) is 4.50. The zero-order valence-corrected chi connectivity index (χ0v) is 17.0. The molecule has 2 aromatic carbocycles. The molecule has 2 amide bonds. The minimum absolute atomic E-state index is 0.129. The number of aliphatic hydroxyl groups is 1. The summed E-state index contributed by atoms with van der Waals surface area (Å²) in [6, 6.07) is 18.0. The predicted octanol–water partition coefficient (Wildman–Crippen LogP) is 2.29. The lowest BCUT2D eigenvalue weighted by Gasteiger charge is -2.33. The normalized spacial score (nSPS) is 25.5. The van der Waals surface area contributed by atoms with Gasteiger partial charge in [0.1, 0.15) is 5.78 Å². The fourth-order valence-electron chi connectivity index (χ4n) is 4.50. The van der Waals surface area contributed by atoms with Crippen molar-refractivity contribution in [3.63, 3.8) is 0 Å². The molecular formula is C24H26N2O4. The van der Waals surface area contributed by atoms with Crippen molar-refractivity contribution in [2.24, 2.45) is 5.92 Å². The largest absolute Gasteiger partial charge is 0.375 e. The first-order valence-electron chi connectivity index (χ1n) is 10.4. The molecule has 6 heteroatoms. The SMILES string of the molecule is C[C@H](c1ccccc1)N1C[C@H](C(=O)N2CCC(=O)CC2)[C@@](O)(c2ccccc2)C1=O. The van der Waals surface area contributed by atoms with Crippen LogP contribution in [0, 0.1) is 5.92 Å². The smallest absolute Gasteiger partial charge is 0.260 e. The molecule has 156 valence electrons. The number of carbonyl (C=O) groups is 3. The molecule has 2 aliphatic rings. The molecule has 30 heavy (non-hydrogen) atoms. The number of ketones is 1. The Bertz CT molecular complexity index is 936. The summed E-state index contributed by atoms with van der Waals surface area (Å²) >= 11 is 0. The molecule has 0 saturated carbocycles. The van der Waals surface area contributed by atoms with E-state index < -0.39 is 17.4 Å². The first-order valence-corrected chi connectivity index (χ1v) is 10.4. The van der Waals surface area contributed by atoms with Gasteiger partial charge in [-0.05, 0) is 18.1 Å². The number of hydrogen-bond donors (Lipinski definition) is 1. The highest BCUT2D eigenvalue weighted by Crippen LogP contribution is 2.42. The summed E-state index contributed by atoms with van der Waals surface area (Å²) in [6.45, 7) is 2.71. The number of benzene rings is 2. The van der Waals surface area contributed by atoms with Crippen LogP contribution in [0.25, 0.3) is 0 Å². The molecule has 0 unspecified atom stereocenters. The van der Waals surface area contributed by atoms with E-state index in [1.807, 2.05) is 43.3 Å². The Balaban J connectivity index is 1.70. The van der Waals surface area contributed by atoms with Crippen molar-refractivity contribution >= 4 is 17.6 Å². The number of nitrogens with zero attached hydrogens (tertiary/aromatic N) is 2. The Morgan fingerprint density at radius 3 is 2.17 bits per heavy atom. The molecule has 1 N–H and O–H groups in total. The third-order valence-corrected chi connectivity index (χ3v) is 6.36. The molecule has 0 radical (unpaired) electrons. The fraction of sp³-hybridized carbons (Fsp3) is 0.375. The van der Waals surface area contributed by atoms with Crippen molar-refractivity contribution in [2.75, 3.05) is 19.6 Å². The monoisotopic (exact) mass is 406 g/mol. The molecule has 2 aliphatic heterocycles. The number of piperidine rings is 1. The average molecular weight is 406 g/mol. The van der Waals surface area contributed by atoms with Gasteiger partial charge in [-0.1, -0.05) is 60.7 Å². The number of amides is 2. The highest BCUT2D eigenvalue weighted by Gasteiger charge is 2.58. The zero-order valence-electron chi connectivity index (χ0n) is 17.0. The third kappa shape index (κ3) is 3.41. The number of rotatable bonds is 4. The van der Waals surface area contributed by atoms with E-state index in [1.54, 1.807) is 34.1 Å². The van der Waals surface area contributed by atoms with E-state index in [4.69, 9.17) is 0 Å². The maximum absolute atomic E-state index is 13.5. The lowest BCUT2D eigenvalue weighted by atomic mass is 9.82. The second-order valence-electron chi connectivity index (χ2n) is 8.09. The highest BCUT2D eigenvalue weighted by molar-refractivity contribution is 5.97. The van der Waals surface area contributed by atoms with Crippen molar-refractivity contribution in [1.29, 1.82) is 0 Å². The third-order valence-electron chi connectivity index (χ3n) is 6.36. The molecule has 0 spiro atoms. The van der Waals surface area contributed by atoms with Gasteiger partial charge in [-0.25, -0.2) is 0 Å². The van der Waals surface area contributed by atoms with Crippen LogP contribution in [0.3, 0.4) is 0 Å². The minimum atomic E-state index is -1.93. The van der Waals surface area contributed by atoms with Crippen molar-refractivity contribution in [3.8, 4) is 0 Å². The summed E-state index contributed by atoms with van der Waals surface area (Å²) in [4.78, 5) is 41.8. The van der Waals surface area contributed by atoms with Gasteiger partial charge in [0.05, 0.1) is 12.0 Å². The molecule has 0 aliphatic carbocycles. The second-order valence-corrected chi connectivity index (χ2v) is 8.09. The number of hydrogen-bond acceptors (Lipinski definition) is 4. The molecular weight excluding hydrogens is 380 g/mol. The summed E-state index contributed by atoms with van der Waals surface area (Å²) in [6.07, 6.45) is 0.639. The Morgan fingerprint density at radius 2 is 1.57 bits per heavy atom. The lowest BCUT2D eigenvalue weighted by Crippen LogP contribution is -2.49. The van der Waals surface area contributed by atoms with E-state index in [2.05, 4.69) is 0 Å². The van der Waals surface area contributed by atoms with Crippen LogP contribution in [0.5, 0.6) is 0 Å². The van der Waals surface area contributed by atoms with Crippen LogP contribution in [0.15, 0.2) is 60.7 Å². The molecule has 0 bridgehead atoms. The van der Waals surface area contributed by atoms with Crippen molar-refractivity contribution < 1.29 is 19.5 Å². The van der Waals surface area contributed by atoms with E-state index in [-0.39, 0.29) is 24.3 Å².